The molecule has 1 atom stereocenters. The van der Waals surface area contributed by atoms with Crippen LogP contribution in [0, 0.1) is 0 Å². The van der Waals surface area contributed by atoms with E-state index in [4.69, 9.17) is 8.85 Å². The van der Waals surface area contributed by atoms with E-state index in [0.717, 1.165) is 12.8 Å². The van der Waals surface area contributed by atoms with Gasteiger partial charge in [-0.3, -0.25) is 0 Å². The van der Waals surface area contributed by atoms with Gasteiger partial charge in [-0.2, -0.15) is 0 Å². The number of hydrogen-bond acceptors (Lipinski definition) is 2. The van der Waals surface area contributed by atoms with Crippen molar-refractivity contribution in [3.63, 3.8) is 0 Å². The molecule has 1 aliphatic carbocycles. The molecule has 116 valence electrons. The summed E-state index contributed by atoms with van der Waals surface area (Å²) in [4.78, 5) is 0. The number of hydrogen-bond donors (Lipinski definition) is 0. The van der Waals surface area contributed by atoms with Crippen molar-refractivity contribution in [3.8, 4) is 0 Å². The van der Waals surface area contributed by atoms with E-state index in [1.54, 1.807) is 23.8 Å². The standard InChI is InChI=1S/C12H21O2Si.3CH3.Pt/c1-5-12(15(4,13-2)14-3)10-11-8-6-7-9-11;;;;/h6,8,12H,5,7,10H2,1-4H3;3*1H3;. The van der Waals surface area contributed by atoms with Crippen LogP contribution >= 0.6 is 0 Å². The summed E-state index contributed by atoms with van der Waals surface area (Å²) < 4.78 is 13.3. The molecule has 2 nitrogen and oxygen atoms in total. The molecule has 0 spiro atoms. The van der Waals surface area contributed by atoms with Crippen LogP contribution in [-0.4, -0.2) is 22.8 Å². The Morgan fingerprint density at radius 3 is 2.26 bits per heavy atom. The van der Waals surface area contributed by atoms with E-state index >= 15 is 0 Å². The van der Waals surface area contributed by atoms with Gasteiger partial charge in [-0.05, 0) is 0 Å². The average molecular weight is 466 g/mol. The van der Waals surface area contributed by atoms with E-state index in [0.29, 0.717) is 5.54 Å². The van der Waals surface area contributed by atoms with Crippen LogP contribution in [0.25, 0.3) is 0 Å². The molecule has 0 aromatic rings. The predicted octanol–water partition coefficient (Wildman–Crippen LogP) is 5.03. The molecule has 0 radical (unpaired) electrons. The van der Waals surface area contributed by atoms with Crippen LogP contribution in [0.2, 0.25) is 28.0 Å². The Morgan fingerprint density at radius 1 is 1.26 bits per heavy atom. The molecule has 0 bridgehead atoms. The average Bonchev–Trinajstić information content (AvgIpc) is 2.83. The molecule has 1 rings (SSSR count). The van der Waals surface area contributed by atoms with Gasteiger partial charge >= 0.3 is 124 Å². The first-order valence-corrected chi connectivity index (χ1v) is 17.0. The van der Waals surface area contributed by atoms with Gasteiger partial charge in [-0.25, -0.2) is 0 Å². The summed E-state index contributed by atoms with van der Waals surface area (Å²) in [6, 6.07) is 0. The van der Waals surface area contributed by atoms with Gasteiger partial charge < -0.3 is 0 Å². The van der Waals surface area contributed by atoms with Gasteiger partial charge in [-0.1, -0.05) is 0 Å². The van der Waals surface area contributed by atoms with Gasteiger partial charge in [0.15, 0.2) is 0 Å². The van der Waals surface area contributed by atoms with Crippen molar-refractivity contribution in [2.24, 2.45) is 0 Å². The van der Waals surface area contributed by atoms with Crippen LogP contribution in [0.5, 0.6) is 0 Å². The minimum absolute atomic E-state index is 0.541. The van der Waals surface area contributed by atoms with E-state index in [1.165, 1.54) is 6.42 Å². The SMILES string of the molecule is CCC(CC1=[C]([Pt]([CH3])([CH3])[CH3])CC=C1)[Si](C)(OC)OC. The second-order valence-corrected chi connectivity index (χ2v) is 20.9. The maximum absolute atomic E-state index is 5.76. The van der Waals surface area contributed by atoms with Crippen LogP contribution in [0.3, 0.4) is 0 Å². The van der Waals surface area contributed by atoms with Crippen LogP contribution in [0.15, 0.2) is 21.7 Å². The molecule has 4 heteroatoms. The summed E-state index contributed by atoms with van der Waals surface area (Å²) >= 11 is -1.63. The molecule has 1 aliphatic rings. The third-order valence-corrected chi connectivity index (χ3v) is 13.0. The van der Waals surface area contributed by atoms with Gasteiger partial charge in [-0.15, -0.1) is 0 Å². The second-order valence-electron chi connectivity index (χ2n) is 5.66. The summed E-state index contributed by atoms with van der Waals surface area (Å²) in [5.74, 6) is 0. The number of rotatable bonds is 7. The van der Waals surface area contributed by atoms with Gasteiger partial charge in [0.2, 0.25) is 0 Å². The molecule has 0 heterocycles. The number of allylic oxidation sites excluding steroid dienone is 4. The monoisotopic (exact) mass is 465 g/mol. The molecule has 0 aromatic heterocycles. The Bertz CT molecular complexity index is 365. The van der Waals surface area contributed by atoms with Crippen molar-refractivity contribution in [2.45, 2.75) is 54.2 Å². The van der Waals surface area contributed by atoms with Gasteiger partial charge in [0, 0.05) is 0 Å². The van der Waals surface area contributed by atoms with E-state index in [-0.39, 0.29) is 0 Å². The Balaban J connectivity index is 2.95. The van der Waals surface area contributed by atoms with E-state index in [2.05, 4.69) is 41.6 Å². The third kappa shape index (κ3) is 4.14. The molecule has 0 saturated carbocycles. The minimum atomic E-state index is -2.03. The quantitative estimate of drug-likeness (QED) is 0.491. The van der Waals surface area contributed by atoms with Crippen LogP contribution in [0.4, 0.5) is 0 Å². The molecular weight excluding hydrogens is 435 g/mol. The molecule has 1 unspecified atom stereocenters. The van der Waals surface area contributed by atoms with E-state index < -0.39 is 24.6 Å². The summed E-state index contributed by atoms with van der Waals surface area (Å²) in [7, 11) is 1.58. The second kappa shape index (κ2) is 6.84. The van der Waals surface area contributed by atoms with Crippen molar-refractivity contribution in [2.75, 3.05) is 14.2 Å². The van der Waals surface area contributed by atoms with Crippen molar-refractivity contribution in [1.29, 1.82) is 0 Å². The van der Waals surface area contributed by atoms with Crippen molar-refractivity contribution in [1.82, 2.24) is 0 Å². The zero-order chi connectivity index (χ0) is 14.7. The Labute approximate surface area is 123 Å². The third-order valence-electron chi connectivity index (χ3n) is 4.02. The van der Waals surface area contributed by atoms with Crippen LogP contribution < -0.4 is 0 Å². The maximum atomic E-state index is 5.76. The topological polar surface area (TPSA) is 18.5 Å². The first-order valence-electron chi connectivity index (χ1n) is 6.63. The van der Waals surface area contributed by atoms with Gasteiger partial charge in [0.25, 0.3) is 0 Å². The Kier molecular flexibility index (Phi) is 6.25. The van der Waals surface area contributed by atoms with Crippen molar-refractivity contribution in [3.05, 3.63) is 21.7 Å². The zero-order valence-electron chi connectivity index (χ0n) is 13.5. The normalized spacial score (nSPS) is 19.1. The zero-order valence-corrected chi connectivity index (χ0v) is 16.8. The summed E-state index contributed by atoms with van der Waals surface area (Å²) in [5, 5.41) is 7.46. The molecule has 0 aromatic carbocycles. The van der Waals surface area contributed by atoms with Crippen molar-refractivity contribution >= 4 is 8.56 Å². The molecule has 0 N–H and O–H groups in total. The van der Waals surface area contributed by atoms with E-state index in [1.807, 2.05) is 0 Å². The fourth-order valence-electron chi connectivity index (χ4n) is 2.57. The fraction of sp³-hybridized carbons (Fsp3) is 0.733. The first kappa shape index (κ1) is 17.4. The summed E-state index contributed by atoms with van der Waals surface area (Å²) in [6.07, 6.45) is 8.14. The molecule has 0 saturated heterocycles. The van der Waals surface area contributed by atoms with Crippen molar-refractivity contribution < 1.29 is 24.9 Å². The Morgan fingerprint density at radius 2 is 1.84 bits per heavy atom. The van der Waals surface area contributed by atoms with Gasteiger partial charge in [0.05, 0.1) is 0 Å². The summed E-state index contributed by atoms with van der Waals surface area (Å²) in [6.45, 7) is 4.45. The molecular formula is C15H30O2PtSi. The summed E-state index contributed by atoms with van der Waals surface area (Å²) in [5.41, 5.74) is 2.13. The predicted molar refractivity (Wildman–Crippen MR) is 82.7 cm³/mol. The van der Waals surface area contributed by atoms with E-state index in [9.17, 15) is 0 Å². The fourth-order valence-corrected chi connectivity index (χ4v) is 9.00. The first-order chi connectivity index (χ1) is 8.78. The van der Waals surface area contributed by atoms with Gasteiger partial charge in [0.1, 0.15) is 0 Å². The molecule has 19 heavy (non-hydrogen) atoms. The molecule has 0 fully saturated rings. The molecule has 0 aliphatic heterocycles. The molecule has 0 amide bonds. The van der Waals surface area contributed by atoms with Crippen LogP contribution in [0.1, 0.15) is 26.2 Å². The van der Waals surface area contributed by atoms with Crippen LogP contribution in [-0.2, 0) is 24.9 Å². The Hall–Kier alpha value is 0.305.